The third-order valence-corrected chi connectivity index (χ3v) is 14.4. The molecule has 0 fully saturated rings. The molecule has 0 radical (unpaired) electrons. The molecule has 0 bridgehead atoms. The van der Waals surface area contributed by atoms with Crippen LogP contribution in [0.1, 0.15) is 56.2 Å². The molecule has 0 aliphatic carbocycles. The average Bonchev–Trinajstić information content (AvgIpc) is 2.95. The minimum atomic E-state index is 0.765. The molecule has 0 N–H and O–H groups in total. The summed E-state index contributed by atoms with van der Waals surface area (Å²) in [5.74, 6) is 0. The highest BCUT2D eigenvalue weighted by Gasteiger charge is 2.11. The van der Waals surface area contributed by atoms with E-state index in [2.05, 4.69) is 254 Å². The molecule has 42 heavy (non-hydrogen) atoms. The summed E-state index contributed by atoms with van der Waals surface area (Å²) < 4.78 is 9.79. The lowest BCUT2D eigenvalue weighted by Crippen LogP contribution is -2.00. The van der Waals surface area contributed by atoms with E-state index in [4.69, 9.17) is 0 Å². The third-order valence-electron chi connectivity index (χ3n) is 6.67. The second-order valence-corrected chi connectivity index (χ2v) is 18.7. The van der Waals surface area contributed by atoms with Gasteiger partial charge in [0.1, 0.15) is 0 Å². The summed E-state index contributed by atoms with van der Waals surface area (Å²) in [5, 5.41) is 0. The van der Waals surface area contributed by atoms with Crippen LogP contribution in [0.3, 0.4) is 0 Å². The second kappa shape index (κ2) is 17.3. The fraction of sp³-hybridized carbons (Fsp3) is 0.121. The zero-order chi connectivity index (χ0) is 30.6. The number of carbonyl (C=O) groups excluding carboxylic acids is 1. The summed E-state index contributed by atoms with van der Waals surface area (Å²) in [6.07, 6.45) is 12.9. The molecule has 0 saturated carbocycles. The molecular formula is C33H22I8O. The normalized spacial score (nSPS) is 11.6. The van der Waals surface area contributed by atoms with Crippen LogP contribution in [-0.4, -0.2) is 6.29 Å². The zero-order valence-corrected chi connectivity index (χ0v) is 39.3. The van der Waals surface area contributed by atoms with Crippen molar-refractivity contribution in [1.82, 2.24) is 0 Å². The summed E-state index contributed by atoms with van der Waals surface area (Å²) in [6.45, 7) is 2.21. The molecule has 0 atom stereocenters. The molecule has 4 rings (SSSR count). The van der Waals surface area contributed by atoms with Crippen LogP contribution < -0.4 is 0 Å². The number of hydrogen-bond donors (Lipinski definition) is 0. The van der Waals surface area contributed by atoms with Crippen LogP contribution in [0.4, 0.5) is 0 Å². The quantitative estimate of drug-likeness (QED) is 0.0927. The molecule has 0 aromatic heterocycles. The third kappa shape index (κ3) is 9.71. The summed E-state index contributed by atoms with van der Waals surface area (Å²) in [4.78, 5) is 11.3. The molecule has 0 spiro atoms. The average molecular weight is 1450 g/mol. The Balaban J connectivity index is 1.50. The second-order valence-electron chi connectivity index (χ2n) is 9.43. The van der Waals surface area contributed by atoms with Crippen LogP contribution in [0.15, 0.2) is 48.5 Å². The van der Waals surface area contributed by atoms with E-state index in [9.17, 15) is 4.79 Å². The Hall–Kier alpha value is 1.87. The van der Waals surface area contributed by atoms with Crippen LogP contribution in [0, 0.1) is 28.6 Å². The first-order valence-electron chi connectivity index (χ1n) is 12.7. The van der Waals surface area contributed by atoms with Crippen molar-refractivity contribution in [2.24, 2.45) is 0 Å². The van der Waals surface area contributed by atoms with Crippen molar-refractivity contribution < 1.29 is 4.79 Å². The summed E-state index contributed by atoms with van der Waals surface area (Å²) in [5.41, 5.74) is 9.79. The molecule has 0 aliphatic rings. The van der Waals surface area contributed by atoms with Gasteiger partial charge in [0.25, 0.3) is 0 Å². The van der Waals surface area contributed by atoms with E-state index in [0.29, 0.717) is 0 Å². The van der Waals surface area contributed by atoms with Crippen LogP contribution >= 0.6 is 181 Å². The Morgan fingerprint density at radius 3 is 1.10 bits per heavy atom. The van der Waals surface area contributed by atoms with Crippen LogP contribution in [0.2, 0.25) is 0 Å². The Bertz CT molecular complexity index is 1720. The standard InChI is InChI=1S/C33H22I8O/c1-2-18-9-27(35)19(10-26(18)34)3-4-20-11-29(37)21(12-28(20)36)5-6-22-13-31(39)23(14-30(22)38)7-8-24-15-33(41)25(17-42)16-32(24)40/h3-6,9-17H,2,7-8H2,1H3/b4-3-,6-5-. The first-order valence-corrected chi connectivity index (χ1v) is 21.4. The molecule has 0 heterocycles. The van der Waals surface area contributed by atoms with Gasteiger partial charge in [-0.05, 0) is 287 Å². The highest BCUT2D eigenvalue weighted by atomic mass is 127. The number of halogens is 8. The molecule has 0 amide bonds. The first kappa shape index (κ1) is 36.7. The van der Waals surface area contributed by atoms with Crippen molar-refractivity contribution in [3.63, 3.8) is 0 Å². The largest absolute Gasteiger partial charge is 0.298 e. The van der Waals surface area contributed by atoms with E-state index in [0.717, 1.165) is 38.3 Å². The van der Waals surface area contributed by atoms with E-state index in [-0.39, 0.29) is 0 Å². The number of benzene rings is 4. The number of carbonyl (C=O) groups is 1. The maximum absolute atomic E-state index is 11.3. The molecular weight excluding hydrogens is 1430 g/mol. The maximum atomic E-state index is 11.3. The van der Waals surface area contributed by atoms with Crippen molar-refractivity contribution in [3.05, 3.63) is 122 Å². The van der Waals surface area contributed by atoms with Crippen molar-refractivity contribution in [1.29, 1.82) is 0 Å². The molecule has 4 aromatic rings. The van der Waals surface area contributed by atoms with E-state index in [1.807, 2.05) is 6.07 Å². The number of rotatable bonds is 9. The lowest BCUT2D eigenvalue weighted by atomic mass is 10.0. The van der Waals surface area contributed by atoms with Crippen LogP contribution in [0.25, 0.3) is 24.3 Å². The molecule has 9 heteroatoms. The first-order chi connectivity index (χ1) is 20.0. The van der Waals surface area contributed by atoms with Gasteiger partial charge in [-0.3, -0.25) is 4.79 Å². The predicted octanol–water partition coefficient (Wildman–Crippen LogP) is 13.0. The van der Waals surface area contributed by atoms with Crippen molar-refractivity contribution in [3.8, 4) is 0 Å². The van der Waals surface area contributed by atoms with Gasteiger partial charge in [0.15, 0.2) is 6.29 Å². The molecule has 0 aliphatic heterocycles. The van der Waals surface area contributed by atoms with Gasteiger partial charge in [0, 0.05) is 34.1 Å². The van der Waals surface area contributed by atoms with Crippen molar-refractivity contribution >= 4 is 211 Å². The molecule has 1 nitrogen and oxygen atoms in total. The van der Waals surface area contributed by atoms with Gasteiger partial charge >= 0.3 is 0 Å². The van der Waals surface area contributed by atoms with Gasteiger partial charge < -0.3 is 0 Å². The monoisotopic (exact) mass is 1450 g/mol. The van der Waals surface area contributed by atoms with Crippen LogP contribution in [0.5, 0.6) is 0 Å². The Morgan fingerprint density at radius 1 is 0.429 bits per heavy atom. The van der Waals surface area contributed by atoms with Gasteiger partial charge in [-0.1, -0.05) is 31.2 Å². The minimum absolute atomic E-state index is 0.765. The lowest BCUT2D eigenvalue weighted by molar-refractivity contribution is 0.112. The molecule has 216 valence electrons. The van der Waals surface area contributed by atoms with E-state index in [1.165, 1.54) is 60.4 Å². The zero-order valence-electron chi connectivity index (χ0n) is 22.1. The van der Waals surface area contributed by atoms with E-state index < -0.39 is 0 Å². The van der Waals surface area contributed by atoms with Gasteiger partial charge in [0.2, 0.25) is 0 Å². The summed E-state index contributed by atoms with van der Waals surface area (Å²) in [7, 11) is 0. The predicted molar refractivity (Wildman–Crippen MR) is 248 cm³/mol. The maximum Gasteiger partial charge on any atom is 0.151 e. The molecule has 0 saturated heterocycles. The Morgan fingerprint density at radius 2 is 0.714 bits per heavy atom. The minimum Gasteiger partial charge on any atom is -0.298 e. The van der Waals surface area contributed by atoms with Gasteiger partial charge in [-0.25, -0.2) is 0 Å². The molecule has 4 aromatic carbocycles. The van der Waals surface area contributed by atoms with E-state index in [1.54, 1.807) is 0 Å². The number of aryl methyl sites for hydroxylation is 3. The summed E-state index contributed by atoms with van der Waals surface area (Å²) in [6, 6.07) is 17.9. The highest BCUT2D eigenvalue weighted by Crippen LogP contribution is 2.29. The van der Waals surface area contributed by atoms with Gasteiger partial charge in [-0.2, -0.15) is 0 Å². The Kier molecular flexibility index (Phi) is 15.1. The lowest BCUT2D eigenvalue weighted by Gasteiger charge is -2.11. The topological polar surface area (TPSA) is 17.1 Å². The SMILES string of the molecule is CCc1cc(I)c(/C=C\c2cc(I)c(/C=C\c3cc(I)c(CCc4cc(I)c(C=O)cc4I)cc3I)cc2I)cc1I. The smallest absolute Gasteiger partial charge is 0.151 e. The van der Waals surface area contributed by atoms with Crippen molar-refractivity contribution in [2.45, 2.75) is 26.2 Å². The molecule has 0 unspecified atom stereocenters. The fourth-order valence-electron chi connectivity index (χ4n) is 4.27. The van der Waals surface area contributed by atoms with Crippen LogP contribution in [-0.2, 0) is 19.3 Å². The van der Waals surface area contributed by atoms with Gasteiger partial charge in [0.05, 0.1) is 0 Å². The number of hydrogen-bond acceptors (Lipinski definition) is 1. The van der Waals surface area contributed by atoms with Crippen molar-refractivity contribution in [2.75, 3.05) is 0 Å². The Labute approximate surface area is 357 Å². The fourth-order valence-corrected chi connectivity index (χ4v) is 10.1. The summed E-state index contributed by atoms with van der Waals surface area (Å²) >= 11 is 19.3. The highest BCUT2D eigenvalue weighted by molar-refractivity contribution is 14.1. The van der Waals surface area contributed by atoms with Gasteiger partial charge in [-0.15, -0.1) is 0 Å². The number of aldehydes is 1. The van der Waals surface area contributed by atoms with E-state index >= 15 is 0 Å².